The zero-order chi connectivity index (χ0) is 25.6. The van der Waals surface area contributed by atoms with Crippen molar-refractivity contribution < 1.29 is 23.7 Å². The predicted octanol–water partition coefficient (Wildman–Crippen LogP) is 4.18. The van der Waals surface area contributed by atoms with E-state index in [0.717, 1.165) is 21.7 Å². The number of nitrogens with zero attached hydrogens (tertiary/aromatic N) is 4. The number of aromatic nitrogens is 3. The summed E-state index contributed by atoms with van der Waals surface area (Å²) in [5.74, 6) is -2.46. The molecule has 36 heavy (non-hydrogen) atoms. The minimum absolute atomic E-state index is 0.00888. The van der Waals surface area contributed by atoms with Crippen molar-refractivity contribution >= 4 is 52.0 Å². The Kier molecular flexibility index (Phi) is 6.07. The molecule has 2 amide bonds. The summed E-state index contributed by atoms with van der Waals surface area (Å²) in [5, 5.41) is 18.7. The molecule has 7 nitrogen and oxygen atoms in total. The highest BCUT2D eigenvalue weighted by Gasteiger charge is 2.47. The SMILES string of the molecule is CCc1nn(-c2ccc(Cl)c(Cl)c2)c([O-])c1C1=C([n+]2ccccc2)C(=O)N(c2ccc(F)cc2)C1=O. The molecule has 1 aliphatic rings. The Bertz CT molecular complexity index is 1550. The van der Waals surface area contributed by atoms with E-state index in [1.807, 2.05) is 0 Å². The zero-order valence-corrected chi connectivity index (χ0v) is 20.3. The molecule has 0 saturated carbocycles. The molecule has 5 rings (SSSR count). The highest BCUT2D eigenvalue weighted by molar-refractivity contribution is 6.53. The molecule has 0 fully saturated rings. The van der Waals surface area contributed by atoms with E-state index in [0.29, 0.717) is 22.8 Å². The summed E-state index contributed by atoms with van der Waals surface area (Å²) in [6.45, 7) is 1.79. The van der Waals surface area contributed by atoms with E-state index in [9.17, 15) is 19.1 Å². The van der Waals surface area contributed by atoms with Gasteiger partial charge in [0.2, 0.25) is 0 Å². The van der Waals surface area contributed by atoms with Crippen LogP contribution in [0.2, 0.25) is 10.0 Å². The van der Waals surface area contributed by atoms with Crippen LogP contribution in [-0.2, 0) is 16.0 Å². The van der Waals surface area contributed by atoms with Crippen LogP contribution in [0, 0.1) is 5.82 Å². The number of carbonyl (C=O) groups excluding carboxylic acids is 2. The van der Waals surface area contributed by atoms with Gasteiger partial charge in [-0.15, -0.1) is 0 Å². The summed E-state index contributed by atoms with van der Waals surface area (Å²) in [6, 6.07) is 14.7. The molecule has 2 aromatic heterocycles. The Morgan fingerprint density at radius 1 is 0.944 bits per heavy atom. The molecule has 2 aromatic carbocycles. The van der Waals surface area contributed by atoms with Crippen LogP contribution in [0.25, 0.3) is 17.0 Å². The van der Waals surface area contributed by atoms with E-state index in [1.54, 1.807) is 43.6 Å². The van der Waals surface area contributed by atoms with Crippen molar-refractivity contribution in [1.82, 2.24) is 9.78 Å². The van der Waals surface area contributed by atoms with Crippen LogP contribution < -0.4 is 14.6 Å². The van der Waals surface area contributed by atoms with Crippen LogP contribution >= 0.6 is 23.2 Å². The lowest BCUT2D eigenvalue weighted by Crippen LogP contribution is -2.39. The van der Waals surface area contributed by atoms with Crippen molar-refractivity contribution in [2.75, 3.05) is 4.90 Å². The maximum Gasteiger partial charge on any atom is 0.331 e. The van der Waals surface area contributed by atoms with Gasteiger partial charge in [0.1, 0.15) is 11.4 Å². The van der Waals surface area contributed by atoms with Crippen LogP contribution in [0.1, 0.15) is 18.2 Å². The number of anilines is 1. The lowest BCUT2D eigenvalue weighted by atomic mass is 10.0. The molecule has 1 aliphatic heterocycles. The average Bonchev–Trinajstić information content (AvgIpc) is 3.34. The molecule has 0 bridgehead atoms. The maximum absolute atomic E-state index is 13.8. The van der Waals surface area contributed by atoms with Crippen molar-refractivity contribution in [3.8, 4) is 11.6 Å². The van der Waals surface area contributed by atoms with Crippen molar-refractivity contribution in [2.24, 2.45) is 0 Å². The minimum Gasteiger partial charge on any atom is -0.858 e. The van der Waals surface area contributed by atoms with E-state index >= 15 is 0 Å². The van der Waals surface area contributed by atoms with E-state index in [1.165, 1.54) is 28.8 Å². The number of imide groups is 1. The molecule has 0 atom stereocenters. The largest absolute Gasteiger partial charge is 0.858 e. The molecule has 0 radical (unpaired) electrons. The van der Waals surface area contributed by atoms with Gasteiger partial charge in [-0.25, -0.2) is 14.0 Å². The Morgan fingerprint density at radius 2 is 1.61 bits per heavy atom. The van der Waals surface area contributed by atoms with Crippen molar-refractivity contribution in [3.63, 3.8) is 0 Å². The smallest absolute Gasteiger partial charge is 0.331 e. The van der Waals surface area contributed by atoms with Crippen molar-refractivity contribution in [3.05, 3.63) is 100 Å². The molecule has 180 valence electrons. The second-order valence-corrected chi connectivity index (χ2v) is 8.73. The lowest BCUT2D eigenvalue weighted by Gasteiger charge is -2.16. The second-order valence-electron chi connectivity index (χ2n) is 7.92. The highest BCUT2D eigenvalue weighted by atomic mass is 35.5. The van der Waals surface area contributed by atoms with Crippen LogP contribution in [0.3, 0.4) is 0 Å². The maximum atomic E-state index is 13.8. The number of amides is 2. The second kappa shape index (κ2) is 9.22. The van der Waals surface area contributed by atoms with E-state index in [-0.39, 0.29) is 27.5 Å². The van der Waals surface area contributed by atoms with Gasteiger partial charge in [0, 0.05) is 17.7 Å². The van der Waals surface area contributed by atoms with Crippen molar-refractivity contribution in [2.45, 2.75) is 13.3 Å². The van der Waals surface area contributed by atoms with Gasteiger partial charge in [-0.05, 0) is 54.8 Å². The summed E-state index contributed by atoms with van der Waals surface area (Å²) in [7, 11) is 0. The number of rotatable bonds is 5. The number of hydrogen-bond donors (Lipinski definition) is 0. The predicted molar refractivity (Wildman–Crippen MR) is 131 cm³/mol. The molecule has 4 aromatic rings. The number of pyridine rings is 1. The number of halogens is 3. The van der Waals surface area contributed by atoms with Gasteiger partial charge in [0.05, 0.1) is 27.1 Å². The monoisotopic (exact) mass is 522 g/mol. The first-order valence-electron chi connectivity index (χ1n) is 10.9. The Hall–Kier alpha value is -4.01. The Morgan fingerprint density at radius 3 is 2.25 bits per heavy atom. The van der Waals surface area contributed by atoms with E-state index in [4.69, 9.17) is 23.2 Å². The fourth-order valence-electron chi connectivity index (χ4n) is 4.09. The summed E-state index contributed by atoms with van der Waals surface area (Å²) in [6.07, 6.45) is 3.52. The molecule has 0 N–H and O–H groups in total. The summed E-state index contributed by atoms with van der Waals surface area (Å²) in [4.78, 5) is 28.3. The fraction of sp³-hybridized carbons (Fsp3) is 0.0769. The van der Waals surface area contributed by atoms with Gasteiger partial charge < -0.3 is 5.11 Å². The van der Waals surface area contributed by atoms with Gasteiger partial charge in [-0.1, -0.05) is 36.2 Å². The molecule has 0 spiro atoms. The minimum atomic E-state index is -0.710. The summed E-state index contributed by atoms with van der Waals surface area (Å²) < 4.78 is 16.2. The summed E-state index contributed by atoms with van der Waals surface area (Å²) in [5.41, 5.74) is 0.782. The third-order valence-corrected chi connectivity index (χ3v) is 6.51. The Labute approximate surface area is 215 Å². The third-order valence-electron chi connectivity index (χ3n) is 5.77. The molecule has 10 heteroatoms. The molecular weight excluding hydrogens is 506 g/mol. The number of carbonyl (C=O) groups is 2. The average molecular weight is 523 g/mol. The van der Waals surface area contributed by atoms with Gasteiger partial charge in [-0.3, -0.25) is 9.59 Å². The molecular formula is C26H17Cl2FN4O3. The van der Waals surface area contributed by atoms with Crippen LogP contribution in [0.4, 0.5) is 10.1 Å². The normalized spacial score (nSPS) is 13.7. The van der Waals surface area contributed by atoms with Crippen LogP contribution in [0.15, 0.2) is 73.1 Å². The zero-order valence-electron chi connectivity index (χ0n) is 18.8. The first kappa shape index (κ1) is 23.7. The first-order chi connectivity index (χ1) is 17.3. The Balaban J connectivity index is 1.75. The van der Waals surface area contributed by atoms with Gasteiger partial charge in [0.15, 0.2) is 12.4 Å². The summed E-state index contributed by atoms with van der Waals surface area (Å²) >= 11 is 12.2. The fourth-order valence-corrected chi connectivity index (χ4v) is 4.38. The van der Waals surface area contributed by atoms with E-state index < -0.39 is 23.5 Å². The number of benzene rings is 2. The highest BCUT2D eigenvalue weighted by Crippen LogP contribution is 2.39. The quantitative estimate of drug-likeness (QED) is 0.290. The van der Waals surface area contributed by atoms with Crippen LogP contribution in [0.5, 0.6) is 5.88 Å². The van der Waals surface area contributed by atoms with Gasteiger partial charge in [0.25, 0.3) is 11.6 Å². The molecule has 0 aliphatic carbocycles. The van der Waals surface area contributed by atoms with E-state index in [2.05, 4.69) is 5.10 Å². The van der Waals surface area contributed by atoms with Crippen LogP contribution in [-0.4, -0.2) is 21.6 Å². The lowest BCUT2D eigenvalue weighted by molar-refractivity contribution is -0.576. The van der Waals surface area contributed by atoms with Gasteiger partial charge >= 0.3 is 5.91 Å². The van der Waals surface area contributed by atoms with Crippen molar-refractivity contribution in [1.29, 1.82) is 0 Å². The third kappa shape index (κ3) is 3.84. The molecule has 0 saturated heterocycles. The molecule has 3 heterocycles. The number of hydrogen-bond acceptors (Lipinski definition) is 4. The van der Waals surface area contributed by atoms with Gasteiger partial charge in [-0.2, -0.15) is 9.67 Å². The first-order valence-corrected chi connectivity index (χ1v) is 11.7. The topological polar surface area (TPSA) is 82.1 Å². The standard InChI is InChI=1S/C26H17Cl2FN4O3/c1-2-20-21(25(35)33(30-20)17-10-11-18(27)19(28)14-17)22-23(31-12-4-3-5-13-31)26(36)32(24(22)34)16-8-6-15(29)7-9-16/h3-14H,2H2,1H3. The molecule has 0 unspecified atom stereocenters. The number of aryl methyl sites for hydroxylation is 1.